The predicted octanol–water partition coefficient (Wildman–Crippen LogP) is 18.3. The van der Waals surface area contributed by atoms with Crippen LogP contribution in [0.15, 0.2) is 36.5 Å². The number of carbonyl (C=O) groups excluding carboxylic acids is 1. The summed E-state index contributed by atoms with van der Waals surface area (Å²) in [6.45, 7) is 4.66. The van der Waals surface area contributed by atoms with E-state index in [0.717, 1.165) is 51.4 Å². The summed E-state index contributed by atoms with van der Waals surface area (Å²) in [5.74, 6) is -0.202. The van der Waals surface area contributed by atoms with Crippen molar-refractivity contribution in [2.45, 2.75) is 315 Å². The van der Waals surface area contributed by atoms with Gasteiger partial charge < -0.3 is 28.8 Å². The maximum atomic E-state index is 13.0. The van der Waals surface area contributed by atoms with Crippen molar-refractivity contribution in [3.8, 4) is 0 Å². The van der Waals surface area contributed by atoms with Crippen molar-refractivity contribution in [3.05, 3.63) is 36.5 Å². The molecule has 0 aromatic heterocycles. The van der Waals surface area contributed by atoms with Gasteiger partial charge in [0.15, 0.2) is 0 Å². The predicted molar refractivity (Wildman–Crippen MR) is 307 cm³/mol. The minimum Gasteiger partial charge on any atom is -0.756 e. The Hall–Kier alpha value is -1.28. The van der Waals surface area contributed by atoms with Crippen LogP contribution in [0.1, 0.15) is 303 Å². The quantitative estimate of drug-likeness (QED) is 0.0272. The van der Waals surface area contributed by atoms with E-state index in [-0.39, 0.29) is 19.1 Å². The third kappa shape index (κ3) is 56.3. The van der Waals surface area contributed by atoms with Crippen LogP contribution in [-0.2, 0) is 18.4 Å². The molecule has 0 fully saturated rings. The number of phosphoric ester groups is 1. The van der Waals surface area contributed by atoms with Gasteiger partial charge in [0, 0.05) is 6.42 Å². The Labute approximate surface area is 442 Å². The highest BCUT2D eigenvalue weighted by molar-refractivity contribution is 7.45. The Kier molecular flexibility index (Phi) is 52.6. The summed E-state index contributed by atoms with van der Waals surface area (Å²) in [7, 11) is 1.26. The molecule has 3 unspecified atom stereocenters. The number of rotatable bonds is 57. The fourth-order valence-electron chi connectivity index (χ4n) is 9.25. The SMILES string of the molecule is CCCCCC/C=C\C/C=C\CCCCCCCCCC(=O)NC(COP(=O)([O-])OCC[N+](C)(C)C)C(O)/C=C/CCCCCCCCCCCCCCCCCCCCCCCCCCCCCCC. The van der Waals surface area contributed by atoms with E-state index in [1.165, 1.54) is 231 Å². The number of likely N-dealkylation sites (N-methyl/N-ethyl adjacent to an activating group) is 1. The first-order valence-corrected chi connectivity index (χ1v) is 32.3. The Morgan fingerprint density at radius 1 is 0.493 bits per heavy atom. The number of nitrogens with one attached hydrogen (secondary N) is 1. The van der Waals surface area contributed by atoms with Gasteiger partial charge in [-0.2, -0.15) is 0 Å². The number of carbonyl (C=O) groups is 1. The molecule has 0 aliphatic carbocycles. The molecule has 0 aliphatic heterocycles. The Bertz CT molecular complexity index is 1250. The van der Waals surface area contributed by atoms with Crippen LogP contribution in [0.4, 0.5) is 0 Å². The van der Waals surface area contributed by atoms with Crippen molar-refractivity contribution in [2.75, 3.05) is 40.9 Å². The lowest BCUT2D eigenvalue weighted by molar-refractivity contribution is -0.870. The van der Waals surface area contributed by atoms with Crippen LogP contribution in [0, 0.1) is 0 Å². The second kappa shape index (κ2) is 53.5. The summed E-state index contributed by atoms with van der Waals surface area (Å²) in [5.41, 5.74) is 0. The van der Waals surface area contributed by atoms with Gasteiger partial charge in [0.05, 0.1) is 39.9 Å². The molecule has 0 aromatic rings. The number of nitrogens with zero attached hydrogens (tertiary/aromatic N) is 1. The Balaban J connectivity index is 4.10. The van der Waals surface area contributed by atoms with Crippen LogP contribution in [0.5, 0.6) is 0 Å². The van der Waals surface area contributed by atoms with E-state index in [1.807, 2.05) is 27.2 Å². The Morgan fingerprint density at radius 3 is 1.18 bits per heavy atom. The van der Waals surface area contributed by atoms with Crippen molar-refractivity contribution in [1.29, 1.82) is 0 Å². The molecular formula is C62H121N2O6P. The van der Waals surface area contributed by atoms with Gasteiger partial charge in [0.25, 0.3) is 7.82 Å². The molecule has 0 spiro atoms. The van der Waals surface area contributed by atoms with Gasteiger partial charge >= 0.3 is 0 Å². The lowest BCUT2D eigenvalue weighted by atomic mass is 10.0. The first-order valence-electron chi connectivity index (χ1n) is 30.9. The molecule has 0 bridgehead atoms. The fourth-order valence-corrected chi connectivity index (χ4v) is 9.97. The van der Waals surface area contributed by atoms with Crippen molar-refractivity contribution in [3.63, 3.8) is 0 Å². The van der Waals surface area contributed by atoms with Crippen LogP contribution in [0.2, 0.25) is 0 Å². The number of hydrogen-bond donors (Lipinski definition) is 2. The molecule has 2 N–H and O–H groups in total. The average Bonchev–Trinajstić information content (AvgIpc) is 3.33. The molecule has 8 nitrogen and oxygen atoms in total. The molecule has 0 radical (unpaired) electrons. The molecule has 0 rings (SSSR count). The number of phosphoric acid groups is 1. The van der Waals surface area contributed by atoms with Crippen molar-refractivity contribution < 1.29 is 32.9 Å². The molecule has 0 saturated heterocycles. The summed E-state index contributed by atoms with van der Waals surface area (Å²) in [6, 6.07) is -0.891. The summed E-state index contributed by atoms with van der Waals surface area (Å²) >= 11 is 0. The number of hydrogen-bond acceptors (Lipinski definition) is 6. The third-order valence-corrected chi connectivity index (χ3v) is 15.1. The van der Waals surface area contributed by atoms with E-state index in [9.17, 15) is 19.4 Å². The molecular weight excluding hydrogens is 900 g/mol. The maximum Gasteiger partial charge on any atom is 0.268 e. The first-order chi connectivity index (χ1) is 34.5. The van der Waals surface area contributed by atoms with E-state index < -0.39 is 20.0 Å². The summed E-state index contributed by atoms with van der Waals surface area (Å²) in [5, 5.41) is 13.9. The zero-order valence-electron chi connectivity index (χ0n) is 47.9. The van der Waals surface area contributed by atoms with E-state index in [0.29, 0.717) is 17.4 Å². The van der Waals surface area contributed by atoms with Crippen LogP contribution in [0.25, 0.3) is 0 Å². The standard InChI is InChI=1S/C62H121N2O6P/c1-6-8-10-12-14-16-18-20-22-24-26-27-28-29-30-31-32-33-34-35-36-37-38-39-41-43-45-47-49-51-53-55-61(65)60(59-70-71(67,68)69-58-57-64(3,4)5)63-62(66)56-54-52-50-48-46-44-42-40-25-23-21-19-17-15-13-11-9-7-2/h17,19,23,25,53,55,60-61,65H,6-16,18,20-22,24,26-52,54,56-59H2,1-5H3,(H-,63,66,67,68)/b19-17-,25-23-,55-53+. The third-order valence-electron chi connectivity index (χ3n) is 14.1. The van der Waals surface area contributed by atoms with Gasteiger partial charge in [-0.15, -0.1) is 0 Å². The highest BCUT2D eigenvalue weighted by atomic mass is 31.2. The number of quaternary nitrogens is 1. The summed E-state index contributed by atoms with van der Waals surface area (Å²) in [4.78, 5) is 25.5. The molecule has 0 aromatic carbocycles. The van der Waals surface area contributed by atoms with Crippen molar-refractivity contribution in [2.24, 2.45) is 0 Å². The van der Waals surface area contributed by atoms with Gasteiger partial charge in [-0.25, -0.2) is 0 Å². The van der Waals surface area contributed by atoms with Crippen molar-refractivity contribution in [1.82, 2.24) is 5.32 Å². The van der Waals surface area contributed by atoms with E-state index in [2.05, 4.69) is 43.5 Å². The van der Waals surface area contributed by atoms with Crippen LogP contribution < -0.4 is 10.2 Å². The molecule has 0 aliphatic rings. The second-order valence-corrected chi connectivity index (χ2v) is 23.8. The minimum atomic E-state index is -4.60. The first kappa shape index (κ1) is 69.7. The highest BCUT2D eigenvalue weighted by Crippen LogP contribution is 2.38. The fraction of sp³-hybridized carbons (Fsp3) is 0.887. The van der Waals surface area contributed by atoms with Gasteiger partial charge in [-0.1, -0.05) is 281 Å². The maximum absolute atomic E-state index is 13.0. The van der Waals surface area contributed by atoms with Gasteiger partial charge in [-0.05, 0) is 51.4 Å². The topological polar surface area (TPSA) is 108 Å². The summed E-state index contributed by atoms with van der Waals surface area (Å²) in [6.07, 6.45) is 69.5. The molecule has 3 atom stereocenters. The van der Waals surface area contributed by atoms with E-state index in [4.69, 9.17) is 9.05 Å². The smallest absolute Gasteiger partial charge is 0.268 e. The largest absolute Gasteiger partial charge is 0.756 e. The molecule has 1 amide bonds. The van der Waals surface area contributed by atoms with E-state index >= 15 is 0 Å². The summed E-state index contributed by atoms with van der Waals surface area (Å²) < 4.78 is 23.4. The number of amides is 1. The average molecular weight is 1020 g/mol. The zero-order valence-corrected chi connectivity index (χ0v) is 48.8. The molecule has 71 heavy (non-hydrogen) atoms. The Morgan fingerprint density at radius 2 is 0.817 bits per heavy atom. The van der Waals surface area contributed by atoms with Crippen LogP contribution in [0.3, 0.4) is 0 Å². The zero-order chi connectivity index (χ0) is 52.0. The highest BCUT2D eigenvalue weighted by Gasteiger charge is 2.23. The number of aliphatic hydroxyl groups excluding tert-OH is 1. The normalized spacial score (nSPS) is 14.1. The van der Waals surface area contributed by atoms with Gasteiger partial charge in [0.2, 0.25) is 5.91 Å². The van der Waals surface area contributed by atoms with Gasteiger partial charge in [-0.3, -0.25) is 9.36 Å². The molecule has 0 saturated carbocycles. The lowest BCUT2D eigenvalue weighted by Crippen LogP contribution is -2.45. The lowest BCUT2D eigenvalue weighted by Gasteiger charge is -2.29. The van der Waals surface area contributed by atoms with E-state index in [1.54, 1.807) is 6.08 Å². The van der Waals surface area contributed by atoms with Crippen LogP contribution in [-0.4, -0.2) is 68.5 Å². The molecule has 420 valence electrons. The van der Waals surface area contributed by atoms with Gasteiger partial charge in [0.1, 0.15) is 13.2 Å². The molecule has 0 heterocycles. The number of unbranched alkanes of at least 4 members (excludes halogenated alkanes) is 40. The molecule has 9 heteroatoms. The number of allylic oxidation sites excluding steroid dienone is 5. The van der Waals surface area contributed by atoms with Crippen molar-refractivity contribution >= 4 is 13.7 Å². The minimum absolute atomic E-state index is 0.00232. The number of aliphatic hydroxyl groups is 1. The monoisotopic (exact) mass is 1020 g/mol. The second-order valence-electron chi connectivity index (χ2n) is 22.4. The van der Waals surface area contributed by atoms with Crippen LogP contribution >= 0.6 is 7.82 Å².